The van der Waals surface area contributed by atoms with Gasteiger partial charge in [-0.15, -0.1) is 0 Å². The van der Waals surface area contributed by atoms with Crippen molar-refractivity contribution in [1.82, 2.24) is 10.2 Å². The molecule has 1 fully saturated rings. The van der Waals surface area contributed by atoms with Crippen molar-refractivity contribution in [2.24, 2.45) is 0 Å². The van der Waals surface area contributed by atoms with Crippen molar-refractivity contribution in [3.63, 3.8) is 0 Å². The highest BCUT2D eigenvalue weighted by Crippen LogP contribution is 2.21. The van der Waals surface area contributed by atoms with Crippen LogP contribution in [-0.2, 0) is 16.6 Å². The topological polar surface area (TPSA) is 73.0 Å². The molecule has 8 heteroatoms. The molecule has 0 aliphatic carbocycles. The van der Waals surface area contributed by atoms with Crippen molar-refractivity contribution in [1.29, 1.82) is 0 Å². The number of hydrogen-bond donors (Lipinski definition) is 1. The number of nitrogens with zero attached hydrogens (tertiary/aromatic N) is 3. The molecular weight excluding hydrogens is 460 g/mol. The number of rotatable bonds is 8. The first-order valence-electron chi connectivity index (χ1n) is 11.7. The standard InChI is InChI=1S/C27H32N4O3S/c1-29(35(2,33)34)24-15-13-23(14-16-24)27(32)28-19-26-21-31(25-11-7-4-8-12-25)18-17-30(26)20-22-9-5-3-6-10-22/h3-16,26H,17-21H2,1-2H3,(H,28,32). The van der Waals surface area contributed by atoms with Crippen LogP contribution in [0.3, 0.4) is 0 Å². The summed E-state index contributed by atoms with van der Waals surface area (Å²) in [5.74, 6) is -0.171. The predicted molar refractivity (Wildman–Crippen MR) is 141 cm³/mol. The summed E-state index contributed by atoms with van der Waals surface area (Å²) in [6, 6.07) is 27.5. The minimum absolute atomic E-state index is 0.142. The minimum Gasteiger partial charge on any atom is -0.369 e. The van der Waals surface area contributed by atoms with Gasteiger partial charge >= 0.3 is 0 Å². The molecule has 184 valence electrons. The van der Waals surface area contributed by atoms with Gasteiger partial charge in [-0.25, -0.2) is 8.42 Å². The van der Waals surface area contributed by atoms with Crippen LogP contribution < -0.4 is 14.5 Å². The van der Waals surface area contributed by atoms with Crippen molar-refractivity contribution in [3.8, 4) is 0 Å². The van der Waals surface area contributed by atoms with Crippen LogP contribution in [0.2, 0.25) is 0 Å². The smallest absolute Gasteiger partial charge is 0.251 e. The van der Waals surface area contributed by atoms with Crippen molar-refractivity contribution in [2.75, 3.05) is 48.7 Å². The molecule has 0 spiro atoms. The molecule has 7 nitrogen and oxygen atoms in total. The fourth-order valence-electron chi connectivity index (χ4n) is 4.31. The number of hydrogen-bond acceptors (Lipinski definition) is 5. The quantitative estimate of drug-likeness (QED) is 0.523. The molecule has 0 saturated carbocycles. The molecule has 1 unspecified atom stereocenters. The third-order valence-electron chi connectivity index (χ3n) is 6.44. The third-order valence-corrected chi connectivity index (χ3v) is 7.65. The number of para-hydroxylation sites is 1. The number of piperazine rings is 1. The van der Waals surface area contributed by atoms with Gasteiger partial charge in [0.1, 0.15) is 0 Å². The van der Waals surface area contributed by atoms with E-state index in [1.807, 2.05) is 24.3 Å². The molecule has 1 heterocycles. The Morgan fingerprint density at radius 2 is 1.57 bits per heavy atom. The van der Waals surface area contributed by atoms with Crippen LogP contribution in [0.4, 0.5) is 11.4 Å². The number of carbonyl (C=O) groups excluding carboxylic acids is 1. The maximum absolute atomic E-state index is 12.9. The molecular formula is C27H32N4O3S. The second-order valence-corrected chi connectivity index (χ2v) is 10.9. The first-order chi connectivity index (χ1) is 16.8. The lowest BCUT2D eigenvalue weighted by Gasteiger charge is -2.42. The lowest BCUT2D eigenvalue weighted by atomic mass is 10.1. The van der Waals surface area contributed by atoms with E-state index in [1.165, 1.54) is 22.6 Å². The Morgan fingerprint density at radius 3 is 2.20 bits per heavy atom. The van der Waals surface area contributed by atoms with Gasteiger partial charge in [-0.2, -0.15) is 0 Å². The summed E-state index contributed by atoms with van der Waals surface area (Å²) in [6.45, 7) is 3.99. The number of anilines is 2. The third kappa shape index (κ3) is 6.41. The average Bonchev–Trinajstić information content (AvgIpc) is 2.88. The molecule has 1 aliphatic heterocycles. The Labute approximate surface area is 208 Å². The Balaban J connectivity index is 1.44. The van der Waals surface area contributed by atoms with Crippen LogP contribution in [-0.4, -0.2) is 64.7 Å². The summed E-state index contributed by atoms with van der Waals surface area (Å²) in [4.78, 5) is 17.7. The van der Waals surface area contributed by atoms with E-state index in [2.05, 4.69) is 51.5 Å². The molecule has 1 N–H and O–H groups in total. The van der Waals surface area contributed by atoms with Crippen molar-refractivity contribution in [3.05, 3.63) is 96.1 Å². The normalized spacial score (nSPS) is 16.6. The molecule has 3 aromatic rings. The van der Waals surface area contributed by atoms with Gasteiger partial charge in [0, 0.05) is 57.1 Å². The van der Waals surface area contributed by atoms with E-state index in [-0.39, 0.29) is 11.9 Å². The minimum atomic E-state index is -3.35. The van der Waals surface area contributed by atoms with E-state index in [0.717, 1.165) is 32.4 Å². The average molecular weight is 493 g/mol. The lowest BCUT2D eigenvalue weighted by Crippen LogP contribution is -2.56. The molecule has 0 bridgehead atoms. The van der Waals surface area contributed by atoms with Crippen molar-refractivity contribution in [2.45, 2.75) is 12.6 Å². The van der Waals surface area contributed by atoms with Gasteiger partial charge in [0.25, 0.3) is 5.91 Å². The van der Waals surface area contributed by atoms with E-state index in [4.69, 9.17) is 0 Å². The highest BCUT2D eigenvalue weighted by atomic mass is 32.2. The SMILES string of the molecule is CN(c1ccc(C(=O)NCC2CN(c3ccccc3)CCN2Cc2ccccc2)cc1)S(C)(=O)=O. The monoisotopic (exact) mass is 492 g/mol. The van der Waals surface area contributed by atoms with E-state index in [0.29, 0.717) is 17.8 Å². The summed E-state index contributed by atoms with van der Waals surface area (Å²) in [7, 11) is -1.86. The first kappa shape index (κ1) is 24.8. The maximum atomic E-state index is 12.9. The first-order valence-corrected chi connectivity index (χ1v) is 13.6. The summed E-state index contributed by atoms with van der Waals surface area (Å²) in [5, 5.41) is 3.10. The fraction of sp³-hybridized carbons (Fsp3) is 0.296. The summed E-state index contributed by atoms with van der Waals surface area (Å²) >= 11 is 0. The van der Waals surface area contributed by atoms with Gasteiger partial charge in [0.15, 0.2) is 0 Å². The van der Waals surface area contributed by atoms with Gasteiger partial charge in [0.05, 0.1) is 11.9 Å². The van der Waals surface area contributed by atoms with Crippen LogP contribution in [0.15, 0.2) is 84.9 Å². The molecule has 3 aromatic carbocycles. The van der Waals surface area contributed by atoms with Crippen LogP contribution in [0.5, 0.6) is 0 Å². The predicted octanol–water partition coefficient (Wildman–Crippen LogP) is 3.20. The molecule has 4 rings (SSSR count). The Bertz CT molecular complexity index is 1220. The second-order valence-electron chi connectivity index (χ2n) is 8.88. The highest BCUT2D eigenvalue weighted by molar-refractivity contribution is 7.92. The lowest BCUT2D eigenvalue weighted by molar-refractivity contribution is 0.0924. The maximum Gasteiger partial charge on any atom is 0.251 e. The Hall–Kier alpha value is -3.36. The number of sulfonamides is 1. The van der Waals surface area contributed by atoms with Crippen LogP contribution in [0, 0.1) is 0 Å². The van der Waals surface area contributed by atoms with E-state index in [1.54, 1.807) is 24.3 Å². The Kier molecular flexibility index (Phi) is 7.73. The number of amides is 1. The van der Waals surface area contributed by atoms with E-state index >= 15 is 0 Å². The number of benzene rings is 3. The fourth-order valence-corrected chi connectivity index (χ4v) is 4.82. The summed E-state index contributed by atoms with van der Waals surface area (Å²) < 4.78 is 24.7. The molecule has 1 atom stereocenters. The molecule has 1 saturated heterocycles. The molecule has 35 heavy (non-hydrogen) atoms. The Morgan fingerprint density at radius 1 is 0.943 bits per heavy atom. The molecule has 1 aliphatic rings. The van der Waals surface area contributed by atoms with Gasteiger partial charge in [-0.1, -0.05) is 48.5 Å². The zero-order chi connectivity index (χ0) is 24.8. The number of nitrogens with one attached hydrogen (secondary N) is 1. The van der Waals surface area contributed by atoms with Gasteiger partial charge in [-0.3, -0.25) is 14.0 Å². The van der Waals surface area contributed by atoms with Crippen LogP contribution in [0.1, 0.15) is 15.9 Å². The zero-order valence-corrected chi connectivity index (χ0v) is 21.0. The molecule has 0 radical (unpaired) electrons. The van der Waals surface area contributed by atoms with Gasteiger partial charge in [0.2, 0.25) is 10.0 Å². The highest BCUT2D eigenvalue weighted by Gasteiger charge is 2.27. The largest absolute Gasteiger partial charge is 0.369 e. The molecule has 0 aromatic heterocycles. The van der Waals surface area contributed by atoms with Crippen molar-refractivity contribution >= 4 is 27.3 Å². The van der Waals surface area contributed by atoms with Crippen LogP contribution in [0.25, 0.3) is 0 Å². The zero-order valence-electron chi connectivity index (χ0n) is 20.2. The molecule has 1 amide bonds. The van der Waals surface area contributed by atoms with Gasteiger partial charge < -0.3 is 10.2 Å². The van der Waals surface area contributed by atoms with E-state index in [9.17, 15) is 13.2 Å². The summed E-state index contributed by atoms with van der Waals surface area (Å²) in [5.41, 5.74) is 3.46. The summed E-state index contributed by atoms with van der Waals surface area (Å²) in [6.07, 6.45) is 1.15. The van der Waals surface area contributed by atoms with Crippen LogP contribution >= 0.6 is 0 Å². The van der Waals surface area contributed by atoms with Gasteiger partial charge in [-0.05, 0) is 42.0 Å². The second kappa shape index (κ2) is 10.9. The van der Waals surface area contributed by atoms with Crippen molar-refractivity contribution < 1.29 is 13.2 Å². The number of carbonyl (C=O) groups is 1. The van der Waals surface area contributed by atoms with E-state index < -0.39 is 10.0 Å².